The predicted octanol–water partition coefficient (Wildman–Crippen LogP) is 3.90. The van der Waals surface area contributed by atoms with Gasteiger partial charge in [-0.05, 0) is 37.7 Å². The Bertz CT molecular complexity index is 516. The van der Waals surface area contributed by atoms with Gasteiger partial charge in [0.15, 0.2) is 0 Å². The quantitative estimate of drug-likeness (QED) is 0.891. The smallest absolute Gasteiger partial charge is 0.140 e. The van der Waals surface area contributed by atoms with Crippen LogP contribution in [-0.4, -0.2) is 6.54 Å². The number of hydrogen-bond acceptors (Lipinski definition) is 2. The van der Waals surface area contributed by atoms with Crippen molar-refractivity contribution in [2.75, 3.05) is 6.54 Å². The third-order valence-electron chi connectivity index (χ3n) is 2.77. The first-order chi connectivity index (χ1) is 8.63. The van der Waals surface area contributed by atoms with Crippen molar-refractivity contribution in [2.45, 2.75) is 19.9 Å². The highest BCUT2D eigenvalue weighted by atomic mass is 19.1. The first-order valence-electron chi connectivity index (χ1n) is 5.91. The van der Waals surface area contributed by atoms with Crippen LogP contribution in [0, 0.1) is 11.6 Å². The number of halogens is 2. The van der Waals surface area contributed by atoms with Crippen molar-refractivity contribution >= 4 is 0 Å². The van der Waals surface area contributed by atoms with Gasteiger partial charge in [-0.3, -0.25) is 0 Å². The Labute approximate surface area is 105 Å². The molecule has 0 saturated heterocycles. The SMILES string of the molecule is CCNC(C)c1ccc(-c2c(F)cccc2F)o1. The van der Waals surface area contributed by atoms with Gasteiger partial charge in [0.25, 0.3) is 0 Å². The minimum atomic E-state index is -0.619. The zero-order chi connectivity index (χ0) is 13.1. The van der Waals surface area contributed by atoms with Crippen molar-refractivity contribution in [3.8, 4) is 11.3 Å². The minimum Gasteiger partial charge on any atom is -0.459 e. The second-order valence-electron chi connectivity index (χ2n) is 4.08. The molecule has 0 saturated carbocycles. The van der Waals surface area contributed by atoms with Crippen molar-refractivity contribution in [1.29, 1.82) is 0 Å². The number of hydrogen-bond donors (Lipinski definition) is 1. The Balaban J connectivity index is 2.35. The van der Waals surface area contributed by atoms with Gasteiger partial charge in [0.1, 0.15) is 23.2 Å². The molecule has 2 nitrogen and oxygen atoms in total. The highest BCUT2D eigenvalue weighted by Gasteiger charge is 2.16. The van der Waals surface area contributed by atoms with Crippen molar-refractivity contribution in [2.24, 2.45) is 0 Å². The molecule has 0 aliphatic heterocycles. The van der Waals surface area contributed by atoms with Crippen LogP contribution in [0.25, 0.3) is 11.3 Å². The fourth-order valence-electron chi connectivity index (χ4n) is 1.86. The number of nitrogens with one attached hydrogen (secondary N) is 1. The Morgan fingerprint density at radius 3 is 2.44 bits per heavy atom. The van der Waals surface area contributed by atoms with Crippen LogP contribution in [0.5, 0.6) is 0 Å². The van der Waals surface area contributed by atoms with Gasteiger partial charge in [-0.1, -0.05) is 13.0 Å². The second kappa shape index (κ2) is 5.31. The first kappa shape index (κ1) is 12.8. The van der Waals surface area contributed by atoms with Gasteiger partial charge in [0.05, 0.1) is 11.6 Å². The topological polar surface area (TPSA) is 25.2 Å². The third kappa shape index (κ3) is 2.43. The van der Waals surface area contributed by atoms with E-state index in [2.05, 4.69) is 5.32 Å². The number of benzene rings is 1. The molecule has 96 valence electrons. The lowest BCUT2D eigenvalue weighted by molar-refractivity contribution is 0.441. The van der Waals surface area contributed by atoms with Crippen LogP contribution in [-0.2, 0) is 0 Å². The van der Waals surface area contributed by atoms with Crippen molar-refractivity contribution in [3.05, 3.63) is 47.7 Å². The molecule has 0 radical (unpaired) electrons. The van der Waals surface area contributed by atoms with Crippen molar-refractivity contribution in [1.82, 2.24) is 5.32 Å². The lowest BCUT2D eigenvalue weighted by Gasteiger charge is -2.08. The van der Waals surface area contributed by atoms with E-state index in [9.17, 15) is 8.78 Å². The molecule has 0 amide bonds. The normalized spacial score (nSPS) is 12.7. The molecule has 4 heteroatoms. The summed E-state index contributed by atoms with van der Waals surface area (Å²) in [6.45, 7) is 4.71. The van der Waals surface area contributed by atoms with Crippen LogP contribution >= 0.6 is 0 Å². The summed E-state index contributed by atoms with van der Waals surface area (Å²) in [6.07, 6.45) is 0. The maximum Gasteiger partial charge on any atom is 0.140 e. The summed E-state index contributed by atoms with van der Waals surface area (Å²) < 4.78 is 32.7. The monoisotopic (exact) mass is 251 g/mol. The van der Waals surface area contributed by atoms with Crippen LogP contribution in [0.4, 0.5) is 8.78 Å². The maximum atomic E-state index is 13.6. The molecular weight excluding hydrogens is 236 g/mol. The molecule has 18 heavy (non-hydrogen) atoms. The van der Waals surface area contributed by atoms with Gasteiger partial charge in [-0.2, -0.15) is 0 Å². The highest BCUT2D eigenvalue weighted by Crippen LogP contribution is 2.29. The van der Waals surface area contributed by atoms with E-state index in [0.717, 1.165) is 6.54 Å². The molecule has 0 aliphatic carbocycles. The summed E-state index contributed by atoms with van der Waals surface area (Å²) in [6, 6.07) is 7.10. The summed E-state index contributed by atoms with van der Waals surface area (Å²) in [5.74, 6) is -0.362. The minimum absolute atomic E-state index is 0.0126. The molecule has 1 aromatic carbocycles. The average Bonchev–Trinajstić information content (AvgIpc) is 2.78. The number of furan rings is 1. The van der Waals surface area contributed by atoms with E-state index < -0.39 is 11.6 Å². The Morgan fingerprint density at radius 1 is 1.17 bits per heavy atom. The van der Waals surface area contributed by atoms with Gasteiger partial charge < -0.3 is 9.73 Å². The third-order valence-corrected chi connectivity index (χ3v) is 2.77. The van der Waals surface area contributed by atoms with Crippen LogP contribution < -0.4 is 5.32 Å². The second-order valence-corrected chi connectivity index (χ2v) is 4.08. The van der Waals surface area contributed by atoms with Crippen LogP contribution in [0.3, 0.4) is 0 Å². The molecule has 1 heterocycles. The summed E-state index contributed by atoms with van der Waals surface area (Å²) in [5, 5.41) is 3.17. The van der Waals surface area contributed by atoms with E-state index >= 15 is 0 Å². The standard InChI is InChI=1S/C14H15F2NO/c1-3-17-9(2)12-7-8-13(18-12)14-10(15)5-4-6-11(14)16/h4-9,17H,3H2,1-2H3. The Morgan fingerprint density at radius 2 is 1.83 bits per heavy atom. The summed E-state index contributed by atoms with van der Waals surface area (Å²) >= 11 is 0. The molecule has 1 aromatic heterocycles. The van der Waals surface area contributed by atoms with Crippen LogP contribution in [0.15, 0.2) is 34.7 Å². The van der Waals surface area contributed by atoms with Gasteiger partial charge in [0.2, 0.25) is 0 Å². The lowest BCUT2D eigenvalue weighted by Crippen LogP contribution is -2.16. The number of rotatable bonds is 4. The van der Waals surface area contributed by atoms with E-state index in [1.807, 2.05) is 13.8 Å². The maximum absolute atomic E-state index is 13.6. The van der Waals surface area contributed by atoms with Crippen molar-refractivity contribution in [3.63, 3.8) is 0 Å². The van der Waals surface area contributed by atoms with E-state index in [0.29, 0.717) is 5.76 Å². The first-order valence-corrected chi connectivity index (χ1v) is 5.91. The van der Waals surface area contributed by atoms with E-state index in [-0.39, 0.29) is 17.4 Å². The molecule has 0 aliphatic rings. The summed E-state index contributed by atoms with van der Waals surface area (Å²) in [4.78, 5) is 0. The van der Waals surface area contributed by atoms with Gasteiger partial charge >= 0.3 is 0 Å². The van der Waals surface area contributed by atoms with Gasteiger partial charge in [0, 0.05) is 0 Å². The molecule has 2 rings (SSSR count). The molecule has 1 N–H and O–H groups in total. The van der Waals surface area contributed by atoms with E-state index in [1.165, 1.54) is 18.2 Å². The van der Waals surface area contributed by atoms with Crippen LogP contribution in [0.2, 0.25) is 0 Å². The average molecular weight is 251 g/mol. The van der Waals surface area contributed by atoms with Crippen molar-refractivity contribution < 1.29 is 13.2 Å². The predicted molar refractivity (Wildman–Crippen MR) is 66.2 cm³/mol. The van der Waals surface area contributed by atoms with E-state index in [4.69, 9.17) is 4.42 Å². The van der Waals surface area contributed by atoms with Gasteiger partial charge in [-0.25, -0.2) is 8.78 Å². The zero-order valence-electron chi connectivity index (χ0n) is 10.3. The molecule has 0 bridgehead atoms. The molecule has 1 atom stereocenters. The molecule has 2 aromatic rings. The molecule has 0 fully saturated rings. The lowest BCUT2D eigenvalue weighted by atomic mass is 10.1. The van der Waals surface area contributed by atoms with Crippen LogP contribution in [0.1, 0.15) is 25.6 Å². The summed E-state index contributed by atoms with van der Waals surface area (Å²) in [7, 11) is 0. The summed E-state index contributed by atoms with van der Waals surface area (Å²) in [5.41, 5.74) is -0.118. The zero-order valence-corrected chi connectivity index (χ0v) is 10.3. The Kier molecular flexibility index (Phi) is 3.77. The molecular formula is C14H15F2NO. The fourth-order valence-corrected chi connectivity index (χ4v) is 1.86. The highest BCUT2D eigenvalue weighted by molar-refractivity contribution is 5.59. The molecule has 1 unspecified atom stereocenters. The largest absolute Gasteiger partial charge is 0.459 e. The molecule has 0 spiro atoms. The Hall–Kier alpha value is -1.68. The van der Waals surface area contributed by atoms with E-state index in [1.54, 1.807) is 12.1 Å². The van der Waals surface area contributed by atoms with Gasteiger partial charge in [-0.15, -0.1) is 0 Å². The fraction of sp³-hybridized carbons (Fsp3) is 0.286.